The Labute approximate surface area is 129 Å². The summed E-state index contributed by atoms with van der Waals surface area (Å²) in [6.45, 7) is 8.81. The van der Waals surface area contributed by atoms with E-state index in [2.05, 4.69) is 23.7 Å². The van der Waals surface area contributed by atoms with Gasteiger partial charge in [-0.15, -0.1) is 0 Å². The van der Waals surface area contributed by atoms with Gasteiger partial charge in [0.1, 0.15) is 4.88 Å². The van der Waals surface area contributed by atoms with Gasteiger partial charge in [0.25, 0.3) is 0 Å². The number of carbonyl (C=O) groups is 2. The third kappa shape index (κ3) is 3.43. The predicted octanol–water partition coefficient (Wildman–Crippen LogP) is 3.15. The van der Waals surface area contributed by atoms with E-state index in [1.165, 1.54) is 18.3 Å². The van der Waals surface area contributed by atoms with Crippen LogP contribution >= 0.6 is 11.3 Å². The maximum Gasteiger partial charge on any atom is 0.358 e. The lowest BCUT2D eigenvalue weighted by molar-refractivity contribution is 0.0517. The van der Waals surface area contributed by atoms with Crippen LogP contribution in [0.3, 0.4) is 0 Å². The highest BCUT2D eigenvalue weighted by atomic mass is 32.1. The fraction of sp³-hybridized carbons (Fsp3) is 0.667. The quantitative estimate of drug-likeness (QED) is 0.631. The number of hydrogen-bond donors (Lipinski definition) is 0. The van der Waals surface area contributed by atoms with Crippen LogP contribution < -0.4 is 4.90 Å². The molecule has 2 heterocycles. The molecule has 2 unspecified atom stereocenters. The number of esters is 1. The van der Waals surface area contributed by atoms with Crippen LogP contribution in [-0.4, -0.2) is 35.9 Å². The fourth-order valence-electron chi connectivity index (χ4n) is 2.70. The average Bonchev–Trinajstić information content (AvgIpc) is 2.84. The van der Waals surface area contributed by atoms with Crippen LogP contribution in [0.2, 0.25) is 0 Å². The maximum atomic E-state index is 12.0. The van der Waals surface area contributed by atoms with Gasteiger partial charge in [-0.05, 0) is 32.6 Å². The summed E-state index contributed by atoms with van der Waals surface area (Å²) in [6, 6.07) is 0.370. The summed E-state index contributed by atoms with van der Waals surface area (Å²) in [5.74, 6) is 0.0519. The van der Waals surface area contributed by atoms with Crippen LogP contribution in [0.4, 0.5) is 5.13 Å². The van der Waals surface area contributed by atoms with Crippen molar-refractivity contribution in [2.75, 3.05) is 18.1 Å². The summed E-state index contributed by atoms with van der Waals surface area (Å²) in [4.78, 5) is 30.7. The van der Waals surface area contributed by atoms with E-state index in [-0.39, 0.29) is 18.1 Å². The second-order valence-electron chi connectivity index (χ2n) is 5.62. The highest BCUT2D eigenvalue weighted by Crippen LogP contribution is 2.33. The summed E-state index contributed by atoms with van der Waals surface area (Å²) in [7, 11) is 0. The van der Waals surface area contributed by atoms with Crippen molar-refractivity contribution in [1.82, 2.24) is 4.98 Å². The van der Waals surface area contributed by atoms with Crippen molar-refractivity contribution in [2.45, 2.75) is 46.6 Å². The molecule has 0 aliphatic carbocycles. The van der Waals surface area contributed by atoms with Gasteiger partial charge >= 0.3 is 5.97 Å². The number of nitrogens with zero attached hydrogens (tertiary/aromatic N) is 2. The number of ether oxygens (including phenoxy) is 1. The predicted molar refractivity (Wildman–Crippen MR) is 83.3 cm³/mol. The largest absolute Gasteiger partial charge is 0.461 e. The maximum absolute atomic E-state index is 12.0. The number of aromatic nitrogens is 1. The highest BCUT2D eigenvalue weighted by Gasteiger charge is 2.29. The Balaban J connectivity index is 2.31. The molecule has 0 bridgehead atoms. The van der Waals surface area contributed by atoms with Gasteiger partial charge in [-0.25, -0.2) is 9.78 Å². The Hall–Kier alpha value is -1.43. The zero-order valence-corrected chi connectivity index (χ0v) is 13.8. The van der Waals surface area contributed by atoms with E-state index in [1.807, 2.05) is 0 Å². The van der Waals surface area contributed by atoms with Gasteiger partial charge in [-0.1, -0.05) is 18.3 Å². The Bertz CT molecular complexity index is 541. The molecule has 116 valence electrons. The Morgan fingerprint density at radius 3 is 2.71 bits per heavy atom. The number of anilines is 1. The third-order valence-corrected chi connectivity index (χ3v) is 4.98. The molecule has 0 aromatic carbocycles. The molecule has 21 heavy (non-hydrogen) atoms. The van der Waals surface area contributed by atoms with Gasteiger partial charge in [0.05, 0.1) is 6.61 Å². The molecule has 0 N–H and O–H groups in total. The van der Waals surface area contributed by atoms with Gasteiger partial charge < -0.3 is 9.64 Å². The first-order valence-electron chi connectivity index (χ1n) is 7.39. The molecule has 0 amide bonds. The van der Waals surface area contributed by atoms with Gasteiger partial charge in [0.2, 0.25) is 0 Å². The Morgan fingerprint density at radius 1 is 1.43 bits per heavy atom. The van der Waals surface area contributed by atoms with Crippen LogP contribution in [0.5, 0.6) is 0 Å². The summed E-state index contributed by atoms with van der Waals surface area (Å²) >= 11 is 1.30. The number of Topliss-reactive ketones (excluding diaryl/α,β-unsaturated/α-hetero) is 1. The molecule has 1 fully saturated rings. The molecular weight excluding hydrogens is 288 g/mol. The van der Waals surface area contributed by atoms with Crippen molar-refractivity contribution in [1.29, 1.82) is 0 Å². The molecule has 1 aliphatic rings. The van der Waals surface area contributed by atoms with Crippen molar-refractivity contribution in [2.24, 2.45) is 5.92 Å². The monoisotopic (exact) mass is 310 g/mol. The number of carbonyl (C=O) groups excluding carboxylic acids is 2. The third-order valence-electron chi connectivity index (χ3n) is 3.79. The molecular formula is C15H22N2O3S. The molecule has 5 nitrogen and oxygen atoms in total. The summed E-state index contributed by atoms with van der Waals surface area (Å²) < 4.78 is 5.00. The second kappa shape index (κ2) is 6.56. The van der Waals surface area contributed by atoms with E-state index >= 15 is 0 Å². The minimum atomic E-state index is -0.511. The van der Waals surface area contributed by atoms with E-state index in [4.69, 9.17) is 4.74 Å². The summed E-state index contributed by atoms with van der Waals surface area (Å²) in [5.41, 5.74) is 0.162. The van der Waals surface area contributed by atoms with Gasteiger partial charge in [0.15, 0.2) is 16.6 Å². The van der Waals surface area contributed by atoms with E-state index in [0.717, 1.165) is 24.5 Å². The smallest absolute Gasteiger partial charge is 0.358 e. The number of hydrogen-bond acceptors (Lipinski definition) is 6. The standard InChI is InChI=1S/C15H22N2O3S/c1-5-20-14(19)12-13(11(4)18)21-15(16-12)17-7-6-9(2)8-10(17)3/h9-10H,5-8H2,1-4H3. The van der Waals surface area contributed by atoms with Gasteiger partial charge in [0, 0.05) is 19.5 Å². The fourth-order valence-corrected chi connectivity index (χ4v) is 3.78. The van der Waals surface area contributed by atoms with Crippen molar-refractivity contribution in [3.05, 3.63) is 10.6 Å². The van der Waals surface area contributed by atoms with Gasteiger partial charge in [-0.2, -0.15) is 0 Å². The minimum absolute atomic E-state index is 0.139. The molecule has 0 saturated carbocycles. The zero-order chi connectivity index (χ0) is 15.6. The molecule has 2 atom stereocenters. The zero-order valence-electron chi connectivity index (χ0n) is 13.0. The van der Waals surface area contributed by atoms with Gasteiger partial charge in [-0.3, -0.25) is 4.79 Å². The summed E-state index contributed by atoms with van der Waals surface area (Å²) in [5, 5.41) is 0.752. The van der Waals surface area contributed by atoms with E-state index in [9.17, 15) is 9.59 Å². The Morgan fingerprint density at radius 2 is 2.14 bits per heavy atom. The molecule has 1 aromatic rings. The van der Waals surface area contributed by atoms with E-state index < -0.39 is 5.97 Å². The van der Waals surface area contributed by atoms with Crippen LogP contribution in [0.25, 0.3) is 0 Å². The molecule has 6 heteroatoms. The highest BCUT2D eigenvalue weighted by molar-refractivity contribution is 7.17. The SMILES string of the molecule is CCOC(=O)c1nc(N2CCC(C)CC2C)sc1C(C)=O. The molecule has 0 spiro atoms. The van der Waals surface area contributed by atoms with Crippen LogP contribution in [0.1, 0.15) is 60.7 Å². The van der Waals surface area contributed by atoms with Crippen LogP contribution in [0.15, 0.2) is 0 Å². The Kier molecular flexibility index (Phi) is 4.98. The van der Waals surface area contributed by atoms with Crippen LogP contribution in [0, 0.1) is 5.92 Å². The second-order valence-corrected chi connectivity index (χ2v) is 6.60. The summed E-state index contributed by atoms with van der Waals surface area (Å²) in [6.07, 6.45) is 2.21. The molecule has 2 rings (SSSR count). The lowest BCUT2D eigenvalue weighted by Crippen LogP contribution is -2.40. The van der Waals surface area contributed by atoms with Crippen LogP contribution in [-0.2, 0) is 4.74 Å². The first-order chi connectivity index (χ1) is 9.93. The first kappa shape index (κ1) is 15.9. The molecule has 1 saturated heterocycles. The lowest BCUT2D eigenvalue weighted by Gasteiger charge is -2.36. The normalized spacial score (nSPS) is 22.2. The number of piperidine rings is 1. The molecule has 1 aliphatic heterocycles. The van der Waals surface area contributed by atoms with Crippen molar-refractivity contribution >= 4 is 28.2 Å². The van der Waals surface area contributed by atoms with Crippen molar-refractivity contribution < 1.29 is 14.3 Å². The van der Waals surface area contributed by atoms with Crippen molar-refractivity contribution in [3.63, 3.8) is 0 Å². The topological polar surface area (TPSA) is 59.5 Å². The molecule has 0 radical (unpaired) electrons. The average molecular weight is 310 g/mol. The molecule has 1 aromatic heterocycles. The number of ketones is 1. The number of rotatable bonds is 4. The number of thiazole rings is 1. The minimum Gasteiger partial charge on any atom is -0.461 e. The van der Waals surface area contributed by atoms with E-state index in [0.29, 0.717) is 16.8 Å². The van der Waals surface area contributed by atoms with Crippen molar-refractivity contribution in [3.8, 4) is 0 Å². The van der Waals surface area contributed by atoms with E-state index in [1.54, 1.807) is 6.92 Å². The lowest BCUT2D eigenvalue weighted by atomic mass is 9.94. The first-order valence-corrected chi connectivity index (χ1v) is 8.21.